The first-order valence-corrected chi connectivity index (χ1v) is 8.12. The van der Waals surface area contributed by atoms with Crippen molar-refractivity contribution in [3.05, 3.63) is 77.6 Å². The van der Waals surface area contributed by atoms with E-state index in [9.17, 15) is 9.59 Å². The lowest BCUT2D eigenvalue weighted by Gasteiger charge is -2.04. The van der Waals surface area contributed by atoms with E-state index in [4.69, 9.17) is 9.63 Å². The van der Waals surface area contributed by atoms with E-state index in [2.05, 4.69) is 20.4 Å². The van der Waals surface area contributed by atoms with Gasteiger partial charge in [-0.15, -0.1) is 0 Å². The SMILES string of the molecule is O=C(O)c1noc(Cc2ccc(NC(=O)c3cc4ccccc4[nH]3)cc2)n1. The lowest BCUT2D eigenvalue weighted by atomic mass is 10.1. The predicted molar refractivity (Wildman–Crippen MR) is 96.8 cm³/mol. The number of hydrogen-bond acceptors (Lipinski definition) is 5. The minimum Gasteiger partial charge on any atom is -0.475 e. The van der Waals surface area contributed by atoms with Crippen LogP contribution >= 0.6 is 0 Å². The smallest absolute Gasteiger partial charge is 0.377 e. The molecule has 2 aromatic heterocycles. The van der Waals surface area contributed by atoms with E-state index in [1.54, 1.807) is 30.3 Å². The molecular formula is C19H14N4O4. The number of rotatable bonds is 5. The molecule has 2 aromatic carbocycles. The van der Waals surface area contributed by atoms with Crippen LogP contribution in [0, 0.1) is 0 Å². The van der Waals surface area contributed by atoms with Gasteiger partial charge in [0.2, 0.25) is 5.89 Å². The summed E-state index contributed by atoms with van der Waals surface area (Å²) in [6, 6.07) is 16.6. The first kappa shape index (κ1) is 16.5. The molecule has 4 aromatic rings. The van der Waals surface area contributed by atoms with Crippen LogP contribution in [0.3, 0.4) is 0 Å². The number of para-hydroxylation sites is 1. The third-order valence-corrected chi connectivity index (χ3v) is 4.00. The number of aromatic amines is 1. The molecule has 3 N–H and O–H groups in total. The normalized spacial score (nSPS) is 10.8. The van der Waals surface area contributed by atoms with E-state index in [-0.39, 0.29) is 17.6 Å². The number of aromatic nitrogens is 3. The van der Waals surface area contributed by atoms with Crippen molar-refractivity contribution >= 4 is 28.5 Å². The average Bonchev–Trinajstić information content (AvgIpc) is 3.30. The Morgan fingerprint density at radius 1 is 1.11 bits per heavy atom. The van der Waals surface area contributed by atoms with Gasteiger partial charge in [0.1, 0.15) is 5.69 Å². The fourth-order valence-electron chi connectivity index (χ4n) is 2.69. The van der Waals surface area contributed by atoms with Crippen molar-refractivity contribution in [2.75, 3.05) is 5.32 Å². The summed E-state index contributed by atoms with van der Waals surface area (Å²) in [4.78, 5) is 30.0. The molecule has 0 aliphatic rings. The third-order valence-electron chi connectivity index (χ3n) is 4.00. The average molecular weight is 362 g/mol. The summed E-state index contributed by atoms with van der Waals surface area (Å²) >= 11 is 0. The van der Waals surface area contributed by atoms with Gasteiger partial charge in [-0.05, 0) is 35.0 Å². The van der Waals surface area contributed by atoms with Crippen LogP contribution in [0.15, 0.2) is 59.1 Å². The second kappa shape index (κ2) is 6.75. The highest BCUT2D eigenvalue weighted by atomic mass is 16.5. The Morgan fingerprint density at radius 2 is 1.89 bits per heavy atom. The van der Waals surface area contributed by atoms with Crippen LogP contribution in [-0.2, 0) is 6.42 Å². The highest BCUT2D eigenvalue weighted by Crippen LogP contribution is 2.17. The predicted octanol–water partition coefficient (Wildman–Crippen LogP) is 3.09. The van der Waals surface area contributed by atoms with Crippen molar-refractivity contribution in [2.45, 2.75) is 6.42 Å². The summed E-state index contributed by atoms with van der Waals surface area (Å²) in [5, 5.41) is 16.0. The topological polar surface area (TPSA) is 121 Å². The molecule has 134 valence electrons. The van der Waals surface area contributed by atoms with Crippen LogP contribution in [-0.4, -0.2) is 32.1 Å². The summed E-state index contributed by atoms with van der Waals surface area (Å²) < 4.78 is 4.90. The molecule has 27 heavy (non-hydrogen) atoms. The van der Waals surface area contributed by atoms with Crippen molar-refractivity contribution in [3.8, 4) is 0 Å². The number of nitrogens with zero attached hydrogens (tertiary/aromatic N) is 2. The Kier molecular flexibility index (Phi) is 4.13. The number of amides is 1. The standard InChI is InChI=1S/C19H14N4O4/c24-18(15-10-12-3-1-2-4-14(12)21-15)20-13-7-5-11(6-8-13)9-16-22-17(19(25)26)23-27-16/h1-8,10,21H,9H2,(H,20,24)(H,25,26). The first-order chi connectivity index (χ1) is 13.1. The fraction of sp³-hybridized carbons (Fsp3) is 0.0526. The second-order valence-electron chi connectivity index (χ2n) is 5.91. The van der Waals surface area contributed by atoms with Gasteiger partial charge in [-0.25, -0.2) is 4.79 Å². The molecule has 1 amide bonds. The highest BCUT2D eigenvalue weighted by Gasteiger charge is 2.13. The molecule has 2 heterocycles. The number of carboxylic acids is 1. The molecule has 0 aliphatic heterocycles. The zero-order valence-electron chi connectivity index (χ0n) is 14.0. The number of anilines is 1. The number of fused-ring (bicyclic) bond motifs is 1. The van der Waals surface area contributed by atoms with Crippen LogP contribution < -0.4 is 5.32 Å². The lowest BCUT2D eigenvalue weighted by Crippen LogP contribution is -2.12. The van der Waals surface area contributed by atoms with Gasteiger partial charge in [-0.3, -0.25) is 4.79 Å². The fourth-order valence-corrected chi connectivity index (χ4v) is 2.69. The number of carbonyl (C=O) groups excluding carboxylic acids is 1. The van der Waals surface area contributed by atoms with Gasteiger partial charge in [0.25, 0.3) is 11.7 Å². The lowest BCUT2D eigenvalue weighted by molar-refractivity contribution is 0.0680. The van der Waals surface area contributed by atoms with Crippen molar-refractivity contribution < 1.29 is 19.2 Å². The van der Waals surface area contributed by atoms with E-state index < -0.39 is 5.97 Å². The monoisotopic (exact) mass is 362 g/mol. The van der Waals surface area contributed by atoms with Gasteiger partial charge in [0.15, 0.2) is 0 Å². The highest BCUT2D eigenvalue weighted by molar-refractivity contribution is 6.05. The Labute approximate surface area is 152 Å². The van der Waals surface area contributed by atoms with E-state index in [0.717, 1.165) is 16.5 Å². The van der Waals surface area contributed by atoms with Crippen LogP contribution in [0.25, 0.3) is 10.9 Å². The molecule has 0 aliphatic carbocycles. The number of carboxylic acid groups (broad SMARTS) is 1. The number of H-pyrrole nitrogens is 1. The van der Waals surface area contributed by atoms with E-state index in [1.807, 2.05) is 24.3 Å². The Hall–Kier alpha value is -3.94. The summed E-state index contributed by atoms with van der Waals surface area (Å²) in [6.45, 7) is 0. The molecule has 4 rings (SSSR count). The number of aromatic carboxylic acids is 1. The number of benzene rings is 2. The first-order valence-electron chi connectivity index (χ1n) is 8.12. The zero-order valence-corrected chi connectivity index (χ0v) is 14.0. The molecule has 0 saturated carbocycles. The Morgan fingerprint density at radius 3 is 2.59 bits per heavy atom. The van der Waals surface area contributed by atoms with Gasteiger partial charge in [-0.2, -0.15) is 4.98 Å². The van der Waals surface area contributed by atoms with Gasteiger partial charge >= 0.3 is 5.97 Å². The van der Waals surface area contributed by atoms with Crippen LogP contribution in [0.2, 0.25) is 0 Å². The van der Waals surface area contributed by atoms with Crippen LogP contribution in [0.4, 0.5) is 5.69 Å². The molecule has 8 nitrogen and oxygen atoms in total. The molecule has 8 heteroatoms. The Bertz CT molecular complexity index is 1100. The van der Waals surface area contributed by atoms with Crippen molar-refractivity contribution in [3.63, 3.8) is 0 Å². The quantitative estimate of drug-likeness (QED) is 0.502. The van der Waals surface area contributed by atoms with Crippen LogP contribution in [0.5, 0.6) is 0 Å². The number of carbonyl (C=O) groups is 2. The van der Waals surface area contributed by atoms with Crippen LogP contribution in [0.1, 0.15) is 32.6 Å². The van der Waals surface area contributed by atoms with E-state index in [1.165, 1.54) is 0 Å². The minimum atomic E-state index is -1.24. The van der Waals surface area contributed by atoms with Crippen molar-refractivity contribution in [1.29, 1.82) is 0 Å². The largest absolute Gasteiger partial charge is 0.475 e. The molecule has 0 saturated heterocycles. The third kappa shape index (κ3) is 3.54. The summed E-state index contributed by atoms with van der Waals surface area (Å²) in [6.07, 6.45) is 0.302. The molecular weight excluding hydrogens is 348 g/mol. The molecule has 0 atom stereocenters. The molecule has 0 unspecified atom stereocenters. The zero-order chi connectivity index (χ0) is 18.8. The molecule has 0 fully saturated rings. The molecule has 0 spiro atoms. The van der Waals surface area contributed by atoms with Gasteiger partial charge < -0.3 is 19.9 Å². The van der Waals surface area contributed by atoms with E-state index in [0.29, 0.717) is 17.8 Å². The molecule has 0 radical (unpaired) electrons. The van der Waals surface area contributed by atoms with Gasteiger partial charge in [0, 0.05) is 16.6 Å². The summed E-state index contributed by atoms with van der Waals surface area (Å²) in [5.74, 6) is -1.63. The maximum atomic E-state index is 12.4. The molecule has 0 bridgehead atoms. The number of nitrogens with one attached hydrogen (secondary N) is 2. The summed E-state index contributed by atoms with van der Waals surface area (Å²) in [7, 11) is 0. The second-order valence-corrected chi connectivity index (χ2v) is 5.91. The van der Waals surface area contributed by atoms with Crippen molar-refractivity contribution in [1.82, 2.24) is 15.1 Å². The van der Waals surface area contributed by atoms with Gasteiger partial charge in [0.05, 0.1) is 6.42 Å². The maximum Gasteiger partial charge on any atom is 0.377 e. The number of hydrogen-bond donors (Lipinski definition) is 3. The Balaban J connectivity index is 1.43. The van der Waals surface area contributed by atoms with E-state index >= 15 is 0 Å². The minimum absolute atomic E-state index is 0.210. The van der Waals surface area contributed by atoms with Crippen molar-refractivity contribution in [2.24, 2.45) is 0 Å². The van der Waals surface area contributed by atoms with Gasteiger partial charge in [-0.1, -0.05) is 30.3 Å². The summed E-state index contributed by atoms with van der Waals surface area (Å²) in [5.41, 5.74) is 2.86. The maximum absolute atomic E-state index is 12.4.